The van der Waals surface area contributed by atoms with E-state index in [1.807, 2.05) is 27.7 Å². The molecule has 2 fully saturated rings. The lowest BCUT2D eigenvalue weighted by Crippen LogP contribution is -2.50. The average molecular weight is 247 g/mol. The number of halogens is 1. The molecule has 104 valence electrons. The molecule has 0 aromatic carbocycles. The molecule has 1 saturated heterocycles. The number of hydrogen-bond donors (Lipinski definition) is 0. The zero-order valence-corrected chi connectivity index (χ0v) is 12.3. The third-order valence-electron chi connectivity index (χ3n) is 3.22. The van der Waals surface area contributed by atoms with E-state index in [1.165, 1.54) is 12.8 Å². The van der Waals surface area contributed by atoms with Gasteiger partial charge in [0.1, 0.15) is 0 Å². The molecule has 0 N–H and O–H groups in total. The lowest BCUT2D eigenvalue weighted by molar-refractivity contribution is 0.0368. The number of likely N-dealkylation sites (tertiary alicyclic amines) is 1. The Kier molecular flexibility index (Phi) is 8.79. The predicted molar refractivity (Wildman–Crippen MR) is 72.1 cm³/mol. The normalized spacial score (nSPS) is 21.5. The van der Waals surface area contributed by atoms with E-state index >= 15 is 0 Å². The summed E-state index contributed by atoms with van der Waals surface area (Å²) in [6.45, 7) is 11.8. The molecule has 2 nitrogen and oxygen atoms in total. The van der Waals surface area contributed by atoms with Crippen molar-refractivity contribution >= 4 is 0 Å². The number of methoxy groups -OCH3 is 1. The van der Waals surface area contributed by atoms with Gasteiger partial charge in [-0.1, -0.05) is 27.7 Å². The van der Waals surface area contributed by atoms with Gasteiger partial charge in [-0.25, -0.2) is 0 Å². The van der Waals surface area contributed by atoms with Crippen LogP contribution in [0.4, 0.5) is 4.39 Å². The van der Waals surface area contributed by atoms with Crippen LogP contribution in [-0.2, 0) is 4.74 Å². The monoisotopic (exact) mass is 247 g/mol. The zero-order valence-electron chi connectivity index (χ0n) is 12.3. The van der Waals surface area contributed by atoms with Gasteiger partial charge in [-0.3, -0.25) is 4.39 Å². The quantitative estimate of drug-likeness (QED) is 0.738. The van der Waals surface area contributed by atoms with Gasteiger partial charge in [0.05, 0.1) is 13.3 Å². The van der Waals surface area contributed by atoms with Gasteiger partial charge in [0.15, 0.2) is 0 Å². The van der Waals surface area contributed by atoms with Gasteiger partial charge < -0.3 is 9.64 Å². The zero-order chi connectivity index (χ0) is 13.3. The van der Waals surface area contributed by atoms with Crippen LogP contribution >= 0.6 is 0 Å². The van der Waals surface area contributed by atoms with Crippen LogP contribution in [0.5, 0.6) is 0 Å². The van der Waals surface area contributed by atoms with E-state index in [-0.39, 0.29) is 6.67 Å². The van der Waals surface area contributed by atoms with Crippen LogP contribution in [0.2, 0.25) is 0 Å². The second kappa shape index (κ2) is 8.87. The topological polar surface area (TPSA) is 12.5 Å². The molecule has 0 spiro atoms. The summed E-state index contributed by atoms with van der Waals surface area (Å²) in [5.41, 5.74) is 0.441. The van der Waals surface area contributed by atoms with Gasteiger partial charge in [0.2, 0.25) is 0 Å². The maximum Gasteiger partial charge on any atom is 0.0947 e. The summed E-state index contributed by atoms with van der Waals surface area (Å²) < 4.78 is 17.3. The van der Waals surface area contributed by atoms with Crippen LogP contribution in [0.25, 0.3) is 0 Å². The fraction of sp³-hybridized carbons (Fsp3) is 1.00. The minimum Gasteiger partial charge on any atom is -0.384 e. The molecule has 0 radical (unpaired) electrons. The van der Waals surface area contributed by atoms with E-state index in [0.29, 0.717) is 11.3 Å². The Morgan fingerprint density at radius 2 is 1.71 bits per heavy atom. The molecule has 0 unspecified atom stereocenters. The maximum atomic E-state index is 12.2. The summed E-state index contributed by atoms with van der Waals surface area (Å²) in [6.07, 6.45) is 2.58. The van der Waals surface area contributed by atoms with Crippen molar-refractivity contribution in [1.29, 1.82) is 0 Å². The molecule has 1 aliphatic heterocycles. The molecule has 0 aromatic heterocycles. The van der Waals surface area contributed by atoms with Crippen LogP contribution in [0, 0.1) is 11.3 Å². The van der Waals surface area contributed by atoms with Crippen molar-refractivity contribution in [3.63, 3.8) is 0 Å². The van der Waals surface area contributed by atoms with E-state index in [0.717, 1.165) is 26.2 Å². The van der Waals surface area contributed by atoms with Crippen molar-refractivity contribution in [2.45, 2.75) is 40.5 Å². The SMILES string of the molecule is CC.CC.COCC1(CN2CC(CF)C2)CC1. The molecule has 0 atom stereocenters. The van der Waals surface area contributed by atoms with Crippen molar-refractivity contribution in [3.8, 4) is 0 Å². The Morgan fingerprint density at radius 3 is 2.06 bits per heavy atom. The van der Waals surface area contributed by atoms with Gasteiger partial charge in [-0.2, -0.15) is 0 Å². The average Bonchev–Trinajstić information content (AvgIpc) is 3.09. The van der Waals surface area contributed by atoms with Crippen molar-refractivity contribution < 1.29 is 9.13 Å². The molecule has 3 heteroatoms. The number of rotatable bonds is 5. The fourth-order valence-corrected chi connectivity index (χ4v) is 2.21. The first kappa shape index (κ1) is 16.9. The van der Waals surface area contributed by atoms with E-state index in [9.17, 15) is 4.39 Å². The first-order chi connectivity index (χ1) is 8.28. The van der Waals surface area contributed by atoms with Gasteiger partial charge >= 0.3 is 0 Å². The molecule has 17 heavy (non-hydrogen) atoms. The maximum absolute atomic E-state index is 12.2. The van der Waals surface area contributed by atoms with Gasteiger partial charge in [-0.05, 0) is 12.8 Å². The largest absolute Gasteiger partial charge is 0.384 e. The standard InChI is InChI=1S/C10H18FNO.2C2H6/c1-13-8-10(2-3-10)7-12-5-9(4-11)6-12;2*1-2/h9H,2-8H2,1H3;2*1-2H3. The number of alkyl halides is 1. The van der Waals surface area contributed by atoms with Crippen molar-refractivity contribution in [3.05, 3.63) is 0 Å². The van der Waals surface area contributed by atoms with Crippen LogP contribution in [0.3, 0.4) is 0 Å². The molecule has 1 heterocycles. The first-order valence-corrected chi connectivity index (χ1v) is 7.05. The highest BCUT2D eigenvalue weighted by Gasteiger charge is 2.45. The van der Waals surface area contributed by atoms with Gasteiger partial charge in [0, 0.05) is 38.1 Å². The summed E-state index contributed by atoms with van der Waals surface area (Å²) in [7, 11) is 1.76. The molecule has 2 rings (SSSR count). The summed E-state index contributed by atoms with van der Waals surface area (Å²) >= 11 is 0. The van der Waals surface area contributed by atoms with E-state index in [1.54, 1.807) is 7.11 Å². The Bertz CT molecular complexity index is 177. The van der Waals surface area contributed by atoms with Gasteiger partial charge in [-0.15, -0.1) is 0 Å². The minimum absolute atomic E-state index is 0.145. The minimum atomic E-state index is -0.145. The molecule has 1 saturated carbocycles. The second-order valence-corrected chi connectivity index (χ2v) is 4.65. The highest BCUT2D eigenvalue weighted by Crippen LogP contribution is 2.47. The lowest BCUT2D eigenvalue weighted by Gasteiger charge is -2.40. The summed E-state index contributed by atoms with van der Waals surface area (Å²) in [5, 5.41) is 0. The molecular weight excluding hydrogens is 217 g/mol. The van der Waals surface area contributed by atoms with Crippen molar-refractivity contribution in [2.24, 2.45) is 11.3 Å². The van der Waals surface area contributed by atoms with E-state index < -0.39 is 0 Å². The second-order valence-electron chi connectivity index (χ2n) is 4.65. The Balaban J connectivity index is 0.000000581. The molecule has 0 amide bonds. The smallest absolute Gasteiger partial charge is 0.0947 e. The lowest BCUT2D eigenvalue weighted by atomic mass is 9.98. The molecule has 0 bridgehead atoms. The first-order valence-electron chi connectivity index (χ1n) is 7.05. The molecule has 2 aliphatic rings. The summed E-state index contributed by atoms with van der Waals surface area (Å²) in [5.74, 6) is 0.318. The van der Waals surface area contributed by atoms with Crippen molar-refractivity contribution in [1.82, 2.24) is 4.90 Å². The predicted octanol–water partition coefficient (Wildman–Crippen LogP) is 3.37. The Labute approximate surface area is 107 Å². The van der Waals surface area contributed by atoms with Crippen LogP contribution < -0.4 is 0 Å². The molecular formula is C14H30FNO. The third-order valence-corrected chi connectivity index (χ3v) is 3.22. The Morgan fingerprint density at radius 1 is 1.18 bits per heavy atom. The van der Waals surface area contributed by atoms with Gasteiger partial charge in [0.25, 0.3) is 0 Å². The van der Waals surface area contributed by atoms with Crippen LogP contribution in [-0.4, -0.2) is 44.9 Å². The third kappa shape index (κ3) is 5.35. The van der Waals surface area contributed by atoms with Crippen LogP contribution in [0.1, 0.15) is 40.5 Å². The molecule has 0 aromatic rings. The van der Waals surface area contributed by atoms with E-state index in [2.05, 4.69) is 4.90 Å². The summed E-state index contributed by atoms with van der Waals surface area (Å²) in [6, 6.07) is 0. The fourth-order valence-electron chi connectivity index (χ4n) is 2.21. The number of ether oxygens (including phenoxy) is 1. The van der Waals surface area contributed by atoms with Crippen LogP contribution in [0.15, 0.2) is 0 Å². The van der Waals surface area contributed by atoms with E-state index in [4.69, 9.17) is 4.74 Å². The molecule has 1 aliphatic carbocycles. The summed E-state index contributed by atoms with van der Waals surface area (Å²) in [4.78, 5) is 2.36. The number of nitrogens with zero attached hydrogens (tertiary/aromatic N) is 1. The number of hydrogen-bond acceptors (Lipinski definition) is 2. The Hall–Kier alpha value is -0.150. The highest BCUT2D eigenvalue weighted by molar-refractivity contribution is 4.97. The highest BCUT2D eigenvalue weighted by atomic mass is 19.1. The van der Waals surface area contributed by atoms with Crippen molar-refractivity contribution in [2.75, 3.05) is 40.0 Å².